The van der Waals surface area contributed by atoms with E-state index in [0.717, 1.165) is 12.1 Å². The molecule has 0 saturated heterocycles. The Bertz CT molecular complexity index is 985. The third-order valence-electron chi connectivity index (χ3n) is 3.63. The number of nitrogens with zero attached hydrogens (tertiary/aromatic N) is 2. The maximum atomic E-state index is 12.7. The molecule has 1 N–H and O–H groups in total. The number of carbonyl (C=O) groups is 2. The summed E-state index contributed by atoms with van der Waals surface area (Å²) in [6, 6.07) is 6.11. The average molecular weight is 413 g/mol. The monoisotopic (exact) mass is 413 g/mol. The highest BCUT2D eigenvalue weighted by atomic mass is 19.4. The maximum Gasteiger partial charge on any atom is 0.417 e. The van der Waals surface area contributed by atoms with Crippen molar-refractivity contribution in [3.8, 4) is 0 Å². The minimum absolute atomic E-state index is 0.186. The summed E-state index contributed by atoms with van der Waals surface area (Å²) < 4.78 is 43.5. The van der Waals surface area contributed by atoms with Crippen molar-refractivity contribution in [3.63, 3.8) is 0 Å². The highest BCUT2D eigenvalue weighted by Gasteiger charge is 2.31. The molecule has 29 heavy (non-hydrogen) atoms. The summed E-state index contributed by atoms with van der Waals surface area (Å²) in [7, 11) is 0. The lowest BCUT2D eigenvalue weighted by atomic mass is 10.2. The van der Waals surface area contributed by atoms with E-state index >= 15 is 0 Å². The molecule has 1 aromatic heterocycles. The lowest BCUT2D eigenvalue weighted by molar-refractivity contribution is -0.384. The highest BCUT2D eigenvalue weighted by molar-refractivity contribution is 5.95. The number of benzene rings is 1. The molecule has 1 aromatic carbocycles. The Morgan fingerprint density at radius 1 is 1.21 bits per heavy atom. The number of nitrogens with one attached hydrogen (secondary N) is 1. The highest BCUT2D eigenvalue weighted by Crippen LogP contribution is 2.28. The van der Waals surface area contributed by atoms with E-state index in [1.165, 1.54) is 19.1 Å². The molecule has 2 rings (SSSR count). The zero-order valence-corrected chi connectivity index (χ0v) is 14.8. The van der Waals surface area contributed by atoms with E-state index < -0.39 is 46.7 Å². The van der Waals surface area contributed by atoms with Crippen molar-refractivity contribution in [2.75, 3.05) is 5.32 Å². The van der Waals surface area contributed by atoms with Gasteiger partial charge in [-0.15, -0.1) is 0 Å². The van der Waals surface area contributed by atoms with Gasteiger partial charge in [0.25, 0.3) is 17.2 Å². The fourth-order valence-corrected chi connectivity index (χ4v) is 2.16. The van der Waals surface area contributed by atoms with Crippen LogP contribution in [0, 0.1) is 10.1 Å². The average Bonchev–Trinajstić information content (AvgIpc) is 2.62. The van der Waals surface area contributed by atoms with Gasteiger partial charge in [0.1, 0.15) is 6.54 Å². The van der Waals surface area contributed by atoms with Crippen LogP contribution < -0.4 is 10.9 Å². The minimum Gasteiger partial charge on any atom is -0.451 e. The Hall–Kier alpha value is -3.70. The molecule has 0 spiro atoms. The summed E-state index contributed by atoms with van der Waals surface area (Å²) in [4.78, 5) is 45.5. The van der Waals surface area contributed by atoms with Gasteiger partial charge in [-0.05, 0) is 25.1 Å². The van der Waals surface area contributed by atoms with Gasteiger partial charge >= 0.3 is 12.1 Å². The molecule has 1 heterocycles. The molecule has 0 saturated carbocycles. The summed E-state index contributed by atoms with van der Waals surface area (Å²) >= 11 is 0. The smallest absolute Gasteiger partial charge is 0.417 e. The predicted octanol–water partition coefficient (Wildman–Crippen LogP) is 2.35. The van der Waals surface area contributed by atoms with E-state index in [1.54, 1.807) is 0 Å². The van der Waals surface area contributed by atoms with Crippen LogP contribution in [-0.4, -0.2) is 27.5 Å². The van der Waals surface area contributed by atoms with Gasteiger partial charge < -0.3 is 14.6 Å². The number of rotatable bonds is 6. The maximum absolute atomic E-state index is 12.7. The van der Waals surface area contributed by atoms with E-state index in [2.05, 4.69) is 5.32 Å². The fourth-order valence-electron chi connectivity index (χ4n) is 2.16. The van der Waals surface area contributed by atoms with Crippen molar-refractivity contribution < 1.29 is 32.4 Å². The largest absolute Gasteiger partial charge is 0.451 e. The minimum atomic E-state index is -4.70. The summed E-state index contributed by atoms with van der Waals surface area (Å²) in [5.74, 6) is -1.87. The number of esters is 1. The van der Waals surface area contributed by atoms with Crippen LogP contribution in [0.3, 0.4) is 0 Å². The zero-order valence-electron chi connectivity index (χ0n) is 14.8. The summed E-state index contributed by atoms with van der Waals surface area (Å²) in [6.07, 6.45) is -5.55. The van der Waals surface area contributed by atoms with Crippen molar-refractivity contribution in [2.24, 2.45) is 0 Å². The topological polar surface area (TPSA) is 121 Å². The molecule has 0 aliphatic carbocycles. The Morgan fingerprint density at radius 3 is 2.38 bits per heavy atom. The number of carbonyl (C=O) groups excluding carboxylic acids is 2. The molecule has 9 nitrogen and oxygen atoms in total. The first kappa shape index (κ1) is 21.6. The third kappa shape index (κ3) is 5.89. The van der Waals surface area contributed by atoms with Crippen molar-refractivity contribution in [1.82, 2.24) is 4.57 Å². The number of aromatic nitrogens is 1. The lowest BCUT2D eigenvalue weighted by Crippen LogP contribution is -2.33. The molecule has 154 valence electrons. The van der Waals surface area contributed by atoms with Crippen LogP contribution in [0.25, 0.3) is 0 Å². The summed E-state index contributed by atoms with van der Waals surface area (Å²) in [6.45, 7) is 0.394. The Balaban J connectivity index is 1.99. The Kier molecular flexibility index (Phi) is 6.36. The number of non-ortho nitro benzene ring substituents is 1. The van der Waals surface area contributed by atoms with E-state index in [4.69, 9.17) is 4.74 Å². The number of nitro benzene ring substituents is 1. The number of hydrogen-bond donors (Lipinski definition) is 1. The van der Waals surface area contributed by atoms with Crippen LogP contribution in [0.4, 0.5) is 24.5 Å². The Labute approximate surface area is 160 Å². The Morgan fingerprint density at radius 2 is 1.83 bits per heavy atom. The number of alkyl halides is 3. The molecule has 0 fully saturated rings. The molecule has 0 bridgehead atoms. The van der Waals surface area contributed by atoms with Crippen LogP contribution in [0.2, 0.25) is 0 Å². The van der Waals surface area contributed by atoms with Gasteiger partial charge in [0.2, 0.25) is 0 Å². The fraction of sp³-hybridized carbons (Fsp3) is 0.235. The first-order chi connectivity index (χ1) is 13.5. The van der Waals surface area contributed by atoms with Gasteiger partial charge in [-0.25, -0.2) is 0 Å². The van der Waals surface area contributed by atoms with Gasteiger partial charge in [-0.1, -0.05) is 0 Å². The number of nitro groups is 1. The van der Waals surface area contributed by atoms with Crippen LogP contribution >= 0.6 is 0 Å². The van der Waals surface area contributed by atoms with Crippen LogP contribution in [-0.2, 0) is 27.0 Å². The molecule has 0 aliphatic rings. The molecular weight excluding hydrogens is 399 g/mol. The van der Waals surface area contributed by atoms with Crippen molar-refractivity contribution >= 4 is 23.3 Å². The molecular formula is C17H14F3N3O6. The number of anilines is 1. The second kappa shape index (κ2) is 8.54. The van der Waals surface area contributed by atoms with E-state index in [1.807, 2.05) is 0 Å². The predicted molar refractivity (Wildman–Crippen MR) is 93.0 cm³/mol. The van der Waals surface area contributed by atoms with E-state index in [-0.39, 0.29) is 11.4 Å². The molecule has 1 unspecified atom stereocenters. The SMILES string of the molecule is CC(OC(=O)Cn1cc(C(F)(F)F)ccc1=O)C(=O)Nc1ccc([N+](=O)[O-])cc1. The van der Waals surface area contributed by atoms with E-state index in [0.29, 0.717) is 22.9 Å². The molecule has 1 amide bonds. The normalized spacial score (nSPS) is 12.1. The van der Waals surface area contributed by atoms with Crippen molar-refractivity contribution in [1.29, 1.82) is 0 Å². The number of halogens is 3. The third-order valence-corrected chi connectivity index (χ3v) is 3.63. The number of pyridine rings is 1. The zero-order chi connectivity index (χ0) is 21.8. The second-order valence-electron chi connectivity index (χ2n) is 5.81. The second-order valence-corrected chi connectivity index (χ2v) is 5.81. The van der Waals surface area contributed by atoms with Gasteiger partial charge in [0, 0.05) is 30.1 Å². The van der Waals surface area contributed by atoms with Crippen LogP contribution in [0.15, 0.2) is 47.4 Å². The van der Waals surface area contributed by atoms with Crippen molar-refractivity contribution in [2.45, 2.75) is 25.7 Å². The number of ether oxygens (including phenoxy) is 1. The number of hydrogen-bond acceptors (Lipinski definition) is 6. The first-order valence-electron chi connectivity index (χ1n) is 8.00. The van der Waals surface area contributed by atoms with E-state index in [9.17, 15) is 37.7 Å². The standard InChI is InChI=1S/C17H14F3N3O6/c1-10(16(26)21-12-3-5-13(6-4-12)23(27)28)29-15(25)9-22-8-11(17(18,19)20)2-7-14(22)24/h2-8,10H,9H2,1H3,(H,21,26). The quantitative estimate of drug-likeness (QED) is 0.441. The lowest BCUT2D eigenvalue weighted by Gasteiger charge is -2.15. The molecule has 12 heteroatoms. The van der Waals surface area contributed by atoms with Gasteiger partial charge in [0.15, 0.2) is 6.10 Å². The summed E-state index contributed by atoms with van der Waals surface area (Å²) in [5, 5.41) is 12.9. The van der Waals surface area contributed by atoms with Gasteiger partial charge in [-0.3, -0.25) is 24.5 Å². The van der Waals surface area contributed by atoms with Gasteiger partial charge in [0.05, 0.1) is 10.5 Å². The van der Waals surface area contributed by atoms with Crippen molar-refractivity contribution in [3.05, 3.63) is 68.6 Å². The summed E-state index contributed by atoms with van der Waals surface area (Å²) in [5.41, 5.74) is -1.95. The van der Waals surface area contributed by atoms with Crippen LogP contribution in [0.1, 0.15) is 12.5 Å². The molecule has 2 aromatic rings. The molecule has 0 aliphatic heterocycles. The first-order valence-corrected chi connectivity index (χ1v) is 8.00. The number of amides is 1. The van der Waals surface area contributed by atoms with Crippen LogP contribution in [0.5, 0.6) is 0 Å². The van der Waals surface area contributed by atoms with Gasteiger partial charge in [-0.2, -0.15) is 13.2 Å². The molecule has 0 radical (unpaired) electrons. The molecule has 1 atom stereocenters.